The molecule has 0 aliphatic rings. The summed E-state index contributed by atoms with van der Waals surface area (Å²) in [6.07, 6.45) is -1.55. The van der Waals surface area contributed by atoms with Crippen molar-refractivity contribution in [2.24, 2.45) is 5.73 Å². The third-order valence-corrected chi connectivity index (χ3v) is 5.55. The SMILES string of the molecule is C[C@@H](c1ncnn1-c1ccc(C(N)NO)cn1)N(C)c1ncnc2c(C(F)(F)F)cc(Cl)cc12. The van der Waals surface area contributed by atoms with E-state index >= 15 is 0 Å². The number of rotatable bonds is 6. The van der Waals surface area contributed by atoms with Crippen molar-refractivity contribution in [2.75, 3.05) is 11.9 Å². The van der Waals surface area contributed by atoms with Crippen molar-refractivity contribution in [1.82, 2.24) is 35.2 Å². The quantitative estimate of drug-likeness (QED) is 0.273. The second-order valence-corrected chi connectivity index (χ2v) is 7.85. The van der Waals surface area contributed by atoms with Gasteiger partial charge in [0, 0.05) is 29.2 Å². The van der Waals surface area contributed by atoms with E-state index in [2.05, 4.69) is 25.0 Å². The Kier molecular flexibility index (Phi) is 6.36. The minimum Gasteiger partial charge on any atom is -0.349 e. The minimum absolute atomic E-state index is 0.0834. The number of hydrogen-bond acceptors (Lipinski definition) is 9. The predicted octanol–water partition coefficient (Wildman–Crippen LogP) is 3.41. The molecule has 0 amide bonds. The third-order valence-electron chi connectivity index (χ3n) is 5.34. The molecule has 4 N–H and O–H groups in total. The number of aromatic nitrogens is 6. The maximum Gasteiger partial charge on any atom is 0.418 e. The van der Waals surface area contributed by atoms with Gasteiger partial charge in [0.1, 0.15) is 24.6 Å². The highest BCUT2D eigenvalue weighted by atomic mass is 35.5. The van der Waals surface area contributed by atoms with Gasteiger partial charge >= 0.3 is 6.18 Å². The summed E-state index contributed by atoms with van der Waals surface area (Å²) in [7, 11) is 1.67. The van der Waals surface area contributed by atoms with Crippen LogP contribution in [-0.2, 0) is 6.18 Å². The number of benzene rings is 1. The number of pyridine rings is 1. The van der Waals surface area contributed by atoms with E-state index in [0.29, 0.717) is 17.2 Å². The van der Waals surface area contributed by atoms with Crippen LogP contribution < -0.4 is 16.1 Å². The molecule has 10 nitrogen and oxygen atoms in total. The monoisotopic (exact) mass is 493 g/mol. The third kappa shape index (κ3) is 4.37. The standard InChI is InChI=1S/C20H19ClF3N9O/c1-10(18-29-9-30-33(18)15-4-3-11(7-26-15)17(25)31-34)32(2)19-13-5-12(21)6-14(20(22,23)24)16(13)27-8-28-19/h3-10,17,31,34H,25H2,1-2H3/t10-,17?/m0/s1. The highest BCUT2D eigenvalue weighted by Crippen LogP contribution is 2.39. The highest BCUT2D eigenvalue weighted by molar-refractivity contribution is 6.31. The van der Waals surface area contributed by atoms with Gasteiger partial charge in [0.25, 0.3) is 0 Å². The molecule has 178 valence electrons. The fourth-order valence-electron chi connectivity index (χ4n) is 3.47. The fourth-order valence-corrected chi connectivity index (χ4v) is 3.68. The molecule has 0 aliphatic heterocycles. The molecular formula is C20H19ClF3N9O. The molecule has 2 atom stereocenters. The molecule has 4 rings (SSSR count). The first-order chi connectivity index (χ1) is 16.1. The van der Waals surface area contributed by atoms with Crippen LogP contribution in [0.4, 0.5) is 19.0 Å². The number of halogens is 4. The Bertz CT molecular complexity index is 1310. The summed E-state index contributed by atoms with van der Waals surface area (Å²) in [6, 6.07) is 5.06. The summed E-state index contributed by atoms with van der Waals surface area (Å²) < 4.78 is 42.2. The summed E-state index contributed by atoms with van der Waals surface area (Å²) in [5, 5.41) is 13.2. The van der Waals surface area contributed by atoms with E-state index in [0.717, 1.165) is 12.4 Å². The van der Waals surface area contributed by atoms with Gasteiger partial charge in [0.15, 0.2) is 11.6 Å². The van der Waals surface area contributed by atoms with Crippen LogP contribution in [-0.4, -0.2) is 42.0 Å². The lowest BCUT2D eigenvalue weighted by molar-refractivity contribution is -0.136. The van der Waals surface area contributed by atoms with E-state index in [4.69, 9.17) is 22.5 Å². The molecule has 0 saturated heterocycles. The van der Waals surface area contributed by atoms with Gasteiger partial charge in [-0.3, -0.25) is 0 Å². The van der Waals surface area contributed by atoms with E-state index < -0.39 is 23.9 Å². The molecule has 0 aliphatic carbocycles. The van der Waals surface area contributed by atoms with Crippen molar-refractivity contribution >= 4 is 28.3 Å². The molecule has 0 saturated carbocycles. The molecule has 3 aromatic heterocycles. The van der Waals surface area contributed by atoms with Gasteiger partial charge in [-0.25, -0.2) is 19.9 Å². The number of nitrogens with two attached hydrogens (primary N) is 1. The maximum absolute atomic E-state index is 13.6. The normalized spacial score (nSPS) is 13.8. The Labute approximate surface area is 196 Å². The average Bonchev–Trinajstić information content (AvgIpc) is 3.31. The van der Waals surface area contributed by atoms with Crippen molar-refractivity contribution in [1.29, 1.82) is 0 Å². The van der Waals surface area contributed by atoms with E-state index in [-0.39, 0.29) is 21.7 Å². The molecule has 0 spiro atoms. The number of fused-ring (bicyclic) bond motifs is 1. The van der Waals surface area contributed by atoms with E-state index in [1.807, 2.05) is 5.48 Å². The molecule has 3 heterocycles. The Morgan fingerprint density at radius 1 is 1.15 bits per heavy atom. The van der Waals surface area contributed by atoms with Crippen LogP contribution in [0.1, 0.15) is 36.1 Å². The maximum atomic E-state index is 13.6. The van der Waals surface area contributed by atoms with Crippen molar-refractivity contribution in [3.05, 3.63) is 65.1 Å². The Morgan fingerprint density at radius 3 is 2.56 bits per heavy atom. The van der Waals surface area contributed by atoms with Gasteiger partial charge in [-0.2, -0.15) is 28.4 Å². The Hall–Kier alpha value is -3.39. The predicted molar refractivity (Wildman–Crippen MR) is 117 cm³/mol. The van der Waals surface area contributed by atoms with Crippen LogP contribution in [0.25, 0.3) is 16.7 Å². The smallest absolute Gasteiger partial charge is 0.349 e. The summed E-state index contributed by atoms with van der Waals surface area (Å²) in [6.45, 7) is 1.80. The van der Waals surface area contributed by atoms with Crippen LogP contribution >= 0.6 is 11.6 Å². The van der Waals surface area contributed by atoms with Gasteiger partial charge < -0.3 is 15.8 Å². The molecule has 1 aromatic carbocycles. The summed E-state index contributed by atoms with van der Waals surface area (Å²) in [4.78, 5) is 18.3. The summed E-state index contributed by atoms with van der Waals surface area (Å²) in [5.41, 5.74) is 6.99. The minimum atomic E-state index is -4.63. The average molecular weight is 494 g/mol. The van der Waals surface area contributed by atoms with E-state index in [1.165, 1.54) is 23.3 Å². The van der Waals surface area contributed by atoms with Crippen molar-refractivity contribution in [3.8, 4) is 5.82 Å². The van der Waals surface area contributed by atoms with E-state index in [9.17, 15) is 13.2 Å². The van der Waals surface area contributed by atoms with Crippen LogP contribution in [0.15, 0.2) is 43.1 Å². The molecule has 14 heteroatoms. The zero-order valence-corrected chi connectivity index (χ0v) is 18.6. The number of nitrogens with zero attached hydrogens (tertiary/aromatic N) is 7. The number of anilines is 1. The van der Waals surface area contributed by atoms with Gasteiger partial charge in [-0.05, 0) is 25.1 Å². The largest absolute Gasteiger partial charge is 0.418 e. The topological polar surface area (TPSA) is 131 Å². The Balaban J connectivity index is 1.73. The highest BCUT2D eigenvalue weighted by Gasteiger charge is 2.35. The lowest BCUT2D eigenvalue weighted by atomic mass is 10.1. The number of nitrogens with one attached hydrogen (secondary N) is 1. The number of hydroxylamine groups is 1. The van der Waals surface area contributed by atoms with Crippen LogP contribution in [0.2, 0.25) is 5.02 Å². The first-order valence-corrected chi connectivity index (χ1v) is 10.2. The van der Waals surface area contributed by atoms with Crippen LogP contribution in [0.5, 0.6) is 0 Å². The van der Waals surface area contributed by atoms with Crippen LogP contribution in [0.3, 0.4) is 0 Å². The first kappa shape index (κ1) is 23.8. The Morgan fingerprint density at radius 2 is 1.91 bits per heavy atom. The van der Waals surface area contributed by atoms with Gasteiger partial charge in [-0.1, -0.05) is 17.7 Å². The summed E-state index contributed by atoms with van der Waals surface area (Å²) >= 11 is 6.00. The molecule has 34 heavy (non-hydrogen) atoms. The lowest BCUT2D eigenvalue weighted by Crippen LogP contribution is -2.27. The molecule has 0 fully saturated rings. The molecular weight excluding hydrogens is 475 g/mol. The first-order valence-electron chi connectivity index (χ1n) is 9.87. The second kappa shape index (κ2) is 9.10. The van der Waals surface area contributed by atoms with E-state index in [1.54, 1.807) is 31.0 Å². The van der Waals surface area contributed by atoms with Crippen molar-refractivity contribution in [2.45, 2.75) is 25.3 Å². The summed E-state index contributed by atoms with van der Waals surface area (Å²) in [5.74, 6) is 1.12. The zero-order chi connectivity index (χ0) is 24.6. The second-order valence-electron chi connectivity index (χ2n) is 7.42. The molecule has 1 unspecified atom stereocenters. The fraction of sp³-hybridized carbons (Fsp3) is 0.250. The molecule has 0 radical (unpaired) electrons. The van der Waals surface area contributed by atoms with Crippen LogP contribution in [0, 0.1) is 0 Å². The number of alkyl halides is 3. The van der Waals surface area contributed by atoms with Gasteiger partial charge in [-0.15, -0.1) is 0 Å². The van der Waals surface area contributed by atoms with Crippen molar-refractivity contribution in [3.63, 3.8) is 0 Å². The molecule has 0 bridgehead atoms. The zero-order valence-electron chi connectivity index (χ0n) is 17.9. The van der Waals surface area contributed by atoms with Gasteiger partial charge in [0.05, 0.1) is 17.1 Å². The van der Waals surface area contributed by atoms with Gasteiger partial charge in [0.2, 0.25) is 0 Å². The molecule has 4 aromatic rings. The lowest BCUT2D eigenvalue weighted by Gasteiger charge is -2.26. The number of hydrogen-bond donors (Lipinski definition) is 3. The van der Waals surface area contributed by atoms with Crippen molar-refractivity contribution < 1.29 is 18.4 Å².